The van der Waals surface area contributed by atoms with E-state index in [4.69, 9.17) is 9.15 Å². The van der Waals surface area contributed by atoms with E-state index in [-0.39, 0.29) is 23.3 Å². The Bertz CT molecular complexity index is 940. The minimum absolute atomic E-state index is 0.0347. The lowest BCUT2D eigenvalue weighted by molar-refractivity contribution is -0.141. The van der Waals surface area contributed by atoms with Gasteiger partial charge in [0, 0.05) is 22.9 Å². The molecule has 0 bridgehead atoms. The molecule has 9 heteroatoms. The predicted molar refractivity (Wildman–Crippen MR) is 88.8 cm³/mol. The summed E-state index contributed by atoms with van der Waals surface area (Å²) in [7, 11) is 0. The molecular formula is C17H13F3N2O3S. The summed E-state index contributed by atoms with van der Waals surface area (Å²) in [6.45, 7) is 1.85. The molecule has 26 heavy (non-hydrogen) atoms. The second kappa shape index (κ2) is 7.36. The van der Waals surface area contributed by atoms with E-state index in [1.807, 2.05) is 0 Å². The number of hydrogen-bond acceptors (Lipinski definition) is 6. The molecule has 0 aliphatic heterocycles. The van der Waals surface area contributed by atoms with Crippen LogP contribution in [0.3, 0.4) is 0 Å². The number of aromatic nitrogens is 2. The average molecular weight is 382 g/mol. The Labute approximate surface area is 150 Å². The number of thioether (sulfide) groups is 1. The molecule has 0 atom stereocenters. The van der Waals surface area contributed by atoms with Crippen molar-refractivity contribution in [1.82, 2.24) is 9.97 Å². The van der Waals surface area contributed by atoms with Crippen molar-refractivity contribution in [2.24, 2.45) is 0 Å². The van der Waals surface area contributed by atoms with Crippen LogP contribution >= 0.6 is 11.8 Å². The molecule has 0 spiro atoms. The van der Waals surface area contributed by atoms with Crippen LogP contribution in [0.15, 0.2) is 46.1 Å². The van der Waals surface area contributed by atoms with Gasteiger partial charge in [-0.3, -0.25) is 0 Å². The largest absolute Gasteiger partial charge is 0.460 e. The first kappa shape index (κ1) is 18.2. The second-order valence-electron chi connectivity index (χ2n) is 5.14. The van der Waals surface area contributed by atoms with Gasteiger partial charge < -0.3 is 9.15 Å². The summed E-state index contributed by atoms with van der Waals surface area (Å²) < 4.78 is 48.9. The first-order valence-corrected chi connectivity index (χ1v) is 8.59. The van der Waals surface area contributed by atoms with Crippen LogP contribution in [-0.2, 0) is 16.7 Å². The molecule has 0 amide bonds. The average Bonchev–Trinajstić information content (AvgIpc) is 2.98. The fourth-order valence-corrected chi connectivity index (χ4v) is 3.17. The maximum absolute atomic E-state index is 12.8. The van der Waals surface area contributed by atoms with Crippen LogP contribution in [0.5, 0.6) is 0 Å². The zero-order valence-corrected chi connectivity index (χ0v) is 14.4. The lowest BCUT2D eigenvalue weighted by Gasteiger charge is -2.07. The third kappa shape index (κ3) is 3.82. The van der Waals surface area contributed by atoms with E-state index in [9.17, 15) is 18.0 Å². The number of esters is 1. The van der Waals surface area contributed by atoms with Crippen LogP contribution in [0.1, 0.15) is 28.7 Å². The van der Waals surface area contributed by atoms with Gasteiger partial charge in [-0.15, -0.1) is 0 Å². The van der Waals surface area contributed by atoms with E-state index >= 15 is 0 Å². The van der Waals surface area contributed by atoms with Crippen LogP contribution in [0.25, 0.3) is 11.0 Å². The van der Waals surface area contributed by atoms with E-state index in [2.05, 4.69) is 9.97 Å². The summed E-state index contributed by atoms with van der Waals surface area (Å²) in [5.74, 6) is -0.427. The quantitative estimate of drug-likeness (QED) is 0.362. The topological polar surface area (TPSA) is 65.2 Å². The van der Waals surface area contributed by atoms with Crippen molar-refractivity contribution in [3.05, 3.63) is 53.5 Å². The second-order valence-corrected chi connectivity index (χ2v) is 6.08. The first-order chi connectivity index (χ1) is 12.4. The minimum Gasteiger partial charge on any atom is -0.460 e. The van der Waals surface area contributed by atoms with Gasteiger partial charge in [0.05, 0.1) is 6.61 Å². The number of furan rings is 1. The van der Waals surface area contributed by atoms with Gasteiger partial charge in [-0.05, 0) is 19.1 Å². The first-order valence-electron chi connectivity index (χ1n) is 7.60. The SMILES string of the molecule is CCOC(=O)c1oc2ccccc2c1CSc1nccc(C(F)(F)F)n1. The van der Waals surface area contributed by atoms with Gasteiger partial charge >= 0.3 is 12.1 Å². The minimum atomic E-state index is -4.54. The number of ether oxygens (including phenoxy) is 1. The Kier molecular flexibility index (Phi) is 5.17. The Morgan fingerprint density at radius 3 is 2.77 bits per heavy atom. The lowest BCUT2D eigenvalue weighted by atomic mass is 10.1. The monoisotopic (exact) mass is 382 g/mol. The van der Waals surface area contributed by atoms with E-state index in [0.717, 1.165) is 24.0 Å². The molecular weight excluding hydrogens is 369 g/mol. The zero-order chi connectivity index (χ0) is 18.7. The van der Waals surface area contributed by atoms with Crippen LogP contribution in [0, 0.1) is 0 Å². The Morgan fingerprint density at radius 2 is 2.04 bits per heavy atom. The smallest absolute Gasteiger partial charge is 0.433 e. The fourth-order valence-electron chi connectivity index (χ4n) is 2.31. The summed E-state index contributed by atoms with van der Waals surface area (Å²) in [6.07, 6.45) is -3.49. The molecule has 0 N–H and O–H groups in total. The Hall–Kier alpha value is -2.55. The third-order valence-corrected chi connectivity index (χ3v) is 4.32. The predicted octanol–water partition coefficient (Wildman–Crippen LogP) is 4.71. The molecule has 0 saturated heterocycles. The number of hydrogen-bond donors (Lipinski definition) is 0. The fraction of sp³-hybridized carbons (Fsp3) is 0.235. The summed E-state index contributed by atoms with van der Waals surface area (Å²) in [5, 5.41) is 0.648. The van der Waals surface area contributed by atoms with Gasteiger partial charge in [-0.25, -0.2) is 14.8 Å². The van der Waals surface area contributed by atoms with Gasteiger partial charge in [0.15, 0.2) is 5.16 Å². The van der Waals surface area contributed by atoms with E-state index in [0.29, 0.717) is 16.5 Å². The van der Waals surface area contributed by atoms with Gasteiger partial charge in [0.1, 0.15) is 11.3 Å². The van der Waals surface area contributed by atoms with Crippen molar-refractivity contribution < 1.29 is 27.1 Å². The number of fused-ring (bicyclic) bond motifs is 1. The molecule has 3 aromatic rings. The highest BCUT2D eigenvalue weighted by Gasteiger charge is 2.33. The summed E-state index contributed by atoms with van der Waals surface area (Å²) >= 11 is 0.983. The molecule has 1 aromatic carbocycles. The van der Waals surface area contributed by atoms with E-state index < -0.39 is 17.8 Å². The highest BCUT2D eigenvalue weighted by atomic mass is 32.2. The van der Waals surface area contributed by atoms with Crippen molar-refractivity contribution in [3.63, 3.8) is 0 Å². The molecule has 2 aromatic heterocycles. The van der Waals surface area contributed by atoms with Crippen LogP contribution in [0.4, 0.5) is 13.2 Å². The van der Waals surface area contributed by atoms with Gasteiger partial charge in [0.2, 0.25) is 5.76 Å². The van der Waals surface area contributed by atoms with Crippen molar-refractivity contribution >= 4 is 28.7 Å². The number of carbonyl (C=O) groups excluding carboxylic acids is 1. The summed E-state index contributed by atoms with van der Waals surface area (Å²) in [6, 6.07) is 7.81. The molecule has 0 unspecified atom stereocenters. The molecule has 0 aliphatic carbocycles. The third-order valence-electron chi connectivity index (χ3n) is 3.43. The van der Waals surface area contributed by atoms with Gasteiger partial charge in [-0.1, -0.05) is 30.0 Å². The maximum Gasteiger partial charge on any atom is 0.433 e. The lowest BCUT2D eigenvalue weighted by Crippen LogP contribution is -2.09. The molecule has 0 fully saturated rings. The molecule has 5 nitrogen and oxygen atoms in total. The Morgan fingerprint density at radius 1 is 1.27 bits per heavy atom. The zero-order valence-electron chi connectivity index (χ0n) is 13.5. The summed E-state index contributed by atoms with van der Waals surface area (Å²) in [5.41, 5.74) is 0.0128. The highest BCUT2D eigenvalue weighted by Crippen LogP contribution is 2.33. The molecule has 3 rings (SSSR count). The molecule has 136 valence electrons. The van der Waals surface area contributed by atoms with Crippen LogP contribution < -0.4 is 0 Å². The highest BCUT2D eigenvalue weighted by molar-refractivity contribution is 7.98. The van der Waals surface area contributed by atoms with Crippen LogP contribution in [-0.4, -0.2) is 22.5 Å². The number of nitrogens with zero attached hydrogens (tertiary/aromatic N) is 2. The van der Waals surface area contributed by atoms with Crippen molar-refractivity contribution in [2.45, 2.75) is 24.0 Å². The van der Waals surface area contributed by atoms with Crippen molar-refractivity contribution in [2.75, 3.05) is 6.61 Å². The molecule has 0 aliphatic rings. The van der Waals surface area contributed by atoms with Crippen LogP contribution in [0.2, 0.25) is 0 Å². The number of benzene rings is 1. The number of para-hydroxylation sites is 1. The van der Waals surface area contributed by atoms with E-state index in [1.165, 1.54) is 0 Å². The Balaban J connectivity index is 1.91. The van der Waals surface area contributed by atoms with Gasteiger partial charge in [0.25, 0.3) is 0 Å². The van der Waals surface area contributed by atoms with Crippen molar-refractivity contribution in [1.29, 1.82) is 0 Å². The van der Waals surface area contributed by atoms with Crippen molar-refractivity contribution in [3.8, 4) is 0 Å². The number of halogens is 3. The normalized spacial score (nSPS) is 11.7. The number of carbonyl (C=O) groups is 1. The molecule has 0 saturated carbocycles. The number of alkyl halides is 3. The standard InChI is InChI=1S/C17H13F3N2O3S/c1-2-24-15(23)14-11(10-5-3-4-6-12(10)25-14)9-26-16-21-8-7-13(22-16)17(18,19)20/h3-8H,2,9H2,1H3. The molecule has 0 radical (unpaired) electrons. The number of rotatable bonds is 5. The molecule has 2 heterocycles. The summed E-state index contributed by atoms with van der Waals surface area (Å²) in [4.78, 5) is 19.5. The maximum atomic E-state index is 12.8. The van der Waals surface area contributed by atoms with Gasteiger partial charge in [-0.2, -0.15) is 13.2 Å². The van der Waals surface area contributed by atoms with E-state index in [1.54, 1.807) is 31.2 Å².